The molecule has 0 aromatic heterocycles. The molecule has 0 atom stereocenters. The third kappa shape index (κ3) is 5.62. The summed E-state index contributed by atoms with van der Waals surface area (Å²) in [5.41, 5.74) is 0.981. The van der Waals surface area contributed by atoms with Crippen molar-refractivity contribution in [2.45, 2.75) is 12.8 Å². The lowest BCUT2D eigenvalue weighted by molar-refractivity contribution is -0.111. The van der Waals surface area contributed by atoms with Gasteiger partial charge >= 0.3 is 0 Å². The fraction of sp³-hybridized carbons (Fsp3) is 0.222. The van der Waals surface area contributed by atoms with Crippen LogP contribution in [0.25, 0.3) is 0 Å². The third-order valence-electron chi connectivity index (χ3n) is 1.20. The van der Waals surface area contributed by atoms with Gasteiger partial charge in [-0.15, -0.1) is 0 Å². The molecule has 0 aromatic carbocycles. The molecule has 11 heavy (non-hydrogen) atoms. The minimum atomic E-state index is -0.318. The number of hydrogen-bond acceptors (Lipinski definition) is 1. The van der Waals surface area contributed by atoms with Crippen LogP contribution >= 0.6 is 11.6 Å². The Bertz CT molecular complexity index is 192. The number of rotatable bonds is 5. The molecular weight excluding hydrogens is 160 g/mol. The molecule has 0 aliphatic rings. The maximum absolute atomic E-state index is 10.3. The van der Waals surface area contributed by atoms with Crippen molar-refractivity contribution in [2.24, 2.45) is 0 Å². The van der Waals surface area contributed by atoms with Crippen LogP contribution in [0.2, 0.25) is 0 Å². The molecule has 60 valence electrons. The number of carbonyl (C=O) groups is 1. The quantitative estimate of drug-likeness (QED) is 0.458. The number of hydrogen-bond donors (Lipinski definition) is 0. The molecule has 0 spiro atoms. The van der Waals surface area contributed by atoms with E-state index in [2.05, 4.69) is 13.2 Å². The van der Waals surface area contributed by atoms with E-state index >= 15 is 0 Å². The zero-order valence-electron chi connectivity index (χ0n) is 6.35. The van der Waals surface area contributed by atoms with Gasteiger partial charge in [-0.1, -0.05) is 31.4 Å². The predicted molar refractivity (Wildman–Crippen MR) is 48.6 cm³/mol. The van der Waals surface area contributed by atoms with Crippen molar-refractivity contribution in [3.63, 3.8) is 0 Å². The van der Waals surface area contributed by atoms with Crippen molar-refractivity contribution >= 4 is 16.8 Å². The largest absolute Gasteiger partial charge is 0.281 e. The van der Waals surface area contributed by atoms with E-state index in [1.807, 2.05) is 6.08 Å². The molecule has 0 aromatic rings. The monoisotopic (exact) mass is 170 g/mol. The van der Waals surface area contributed by atoms with Gasteiger partial charge in [0.05, 0.1) is 0 Å². The zero-order valence-corrected chi connectivity index (χ0v) is 7.10. The van der Waals surface area contributed by atoms with Gasteiger partial charge in [-0.3, -0.25) is 4.79 Å². The topological polar surface area (TPSA) is 17.1 Å². The van der Waals surface area contributed by atoms with E-state index in [1.54, 1.807) is 12.2 Å². The van der Waals surface area contributed by atoms with Gasteiger partial charge in [0.25, 0.3) is 0 Å². The first kappa shape index (κ1) is 10.2. The van der Waals surface area contributed by atoms with Crippen molar-refractivity contribution in [2.75, 3.05) is 0 Å². The highest BCUT2D eigenvalue weighted by molar-refractivity contribution is 6.63. The molecule has 0 aliphatic carbocycles. The second-order valence-electron chi connectivity index (χ2n) is 2.04. The van der Waals surface area contributed by atoms with Crippen LogP contribution in [0, 0.1) is 0 Å². The van der Waals surface area contributed by atoms with E-state index in [-0.39, 0.29) is 5.24 Å². The van der Waals surface area contributed by atoms with E-state index in [9.17, 15) is 4.79 Å². The average molecular weight is 171 g/mol. The summed E-state index contributed by atoms with van der Waals surface area (Å²) >= 11 is 5.15. The molecule has 0 fully saturated rings. The predicted octanol–water partition coefficient (Wildman–Crippen LogP) is 2.83. The molecule has 0 N–H and O–H groups in total. The van der Waals surface area contributed by atoms with Crippen LogP contribution in [-0.4, -0.2) is 5.24 Å². The Labute approximate surface area is 72.1 Å². The van der Waals surface area contributed by atoms with Crippen LogP contribution < -0.4 is 0 Å². The summed E-state index contributed by atoms with van der Waals surface area (Å²) in [6.45, 7) is 7.12. The van der Waals surface area contributed by atoms with E-state index in [1.165, 1.54) is 0 Å². The molecule has 0 bridgehead atoms. The van der Waals surface area contributed by atoms with Crippen molar-refractivity contribution in [1.82, 2.24) is 0 Å². The summed E-state index contributed by atoms with van der Waals surface area (Å²) < 4.78 is 0. The minimum absolute atomic E-state index is 0.318. The summed E-state index contributed by atoms with van der Waals surface area (Å²) in [4.78, 5) is 10.3. The lowest BCUT2D eigenvalue weighted by Crippen LogP contribution is -1.86. The first-order valence-electron chi connectivity index (χ1n) is 3.33. The highest BCUT2D eigenvalue weighted by atomic mass is 35.5. The van der Waals surface area contributed by atoms with Gasteiger partial charge in [-0.25, -0.2) is 0 Å². The molecule has 0 rings (SSSR count). The van der Waals surface area contributed by atoms with Gasteiger partial charge in [-0.05, 0) is 23.6 Å². The normalized spacial score (nSPS) is 10.8. The third-order valence-corrected chi connectivity index (χ3v) is 1.39. The molecular formula is C9H11ClO. The van der Waals surface area contributed by atoms with E-state index in [4.69, 9.17) is 11.6 Å². The van der Waals surface area contributed by atoms with Gasteiger partial charge in [0.15, 0.2) is 0 Å². The first-order valence-corrected chi connectivity index (χ1v) is 3.71. The molecule has 0 saturated heterocycles. The van der Waals surface area contributed by atoms with E-state index in [0.717, 1.165) is 5.57 Å². The lowest BCUT2D eigenvalue weighted by atomic mass is 10.1. The molecule has 0 aliphatic heterocycles. The number of carbonyl (C=O) groups excluding carboxylic acids is 1. The molecule has 0 amide bonds. The Balaban J connectivity index is 3.88. The summed E-state index contributed by atoms with van der Waals surface area (Å²) in [5, 5.41) is -0.318. The van der Waals surface area contributed by atoms with Gasteiger partial charge < -0.3 is 0 Å². The standard InChI is InChI=1S/C9H11ClO/c1-3-5-8(4-2)6-7-9(10)11/h3-5H,1-2,6-7H2/b8-5+. The van der Waals surface area contributed by atoms with E-state index in [0.29, 0.717) is 12.8 Å². The van der Waals surface area contributed by atoms with Crippen LogP contribution in [-0.2, 0) is 4.79 Å². The molecule has 2 heteroatoms. The Hall–Kier alpha value is -0.820. The second-order valence-corrected chi connectivity index (χ2v) is 2.46. The van der Waals surface area contributed by atoms with Gasteiger partial charge in [0.1, 0.15) is 0 Å². The van der Waals surface area contributed by atoms with Crippen LogP contribution in [0.5, 0.6) is 0 Å². The minimum Gasteiger partial charge on any atom is -0.281 e. The smallest absolute Gasteiger partial charge is 0.221 e. The first-order chi connectivity index (χ1) is 5.20. The molecule has 0 unspecified atom stereocenters. The number of halogens is 1. The maximum Gasteiger partial charge on any atom is 0.221 e. The van der Waals surface area contributed by atoms with Crippen LogP contribution in [0.1, 0.15) is 12.8 Å². The van der Waals surface area contributed by atoms with Crippen molar-refractivity contribution in [3.8, 4) is 0 Å². The summed E-state index contributed by atoms with van der Waals surface area (Å²) in [7, 11) is 0. The van der Waals surface area contributed by atoms with Crippen LogP contribution in [0.15, 0.2) is 37.0 Å². The molecule has 1 nitrogen and oxygen atoms in total. The average Bonchev–Trinajstić information content (AvgIpc) is 1.97. The Morgan fingerprint density at radius 3 is 2.36 bits per heavy atom. The Kier molecular flexibility index (Phi) is 5.49. The van der Waals surface area contributed by atoms with Crippen molar-refractivity contribution in [3.05, 3.63) is 37.0 Å². The Morgan fingerprint density at radius 2 is 2.00 bits per heavy atom. The maximum atomic E-state index is 10.3. The zero-order chi connectivity index (χ0) is 8.69. The molecule has 0 saturated carbocycles. The summed E-state index contributed by atoms with van der Waals surface area (Å²) in [6.07, 6.45) is 6.16. The summed E-state index contributed by atoms with van der Waals surface area (Å²) in [5.74, 6) is 0. The Morgan fingerprint density at radius 1 is 1.36 bits per heavy atom. The highest BCUT2D eigenvalue weighted by Crippen LogP contribution is 2.07. The van der Waals surface area contributed by atoms with Crippen LogP contribution in [0.4, 0.5) is 0 Å². The lowest BCUT2D eigenvalue weighted by Gasteiger charge is -1.95. The fourth-order valence-corrected chi connectivity index (χ4v) is 0.742. The summed E-state index contributed by atoms with van der Waals surface area (Å²) in [6, 6.07) is 0. The second kappa shape index (κ2) is 5.93. The van der Waals surface area contributed by atoms with E-state index < -0.39 is 0 Å². The molecule has 0 radical (unpaired) electrons. The SMILES string of the molecule is C=C/C=C(\C=C)CCC(=O)Cl. The van der Waals surface area contributed by atoms with Gasteiger partial charge in [-0.2, -0.15) is 0 Å². The highest BCUT2D eigenvalue weighted by Gasteiger charge is 1.96. The number of allylic oxidation sites excluding steroid dienone is 4. The van der Waals surface area contributed by atoms with Crippen molar-refractivity contribution in [1.29, 1.82) is 0 Å². The fourth-order valence-electron chi connectivity index (χ4n) is 0.647. The van der Waals surface area contributed by atoms with Crippen LogP contribution in [0.3, 0.4) is 0 Å². The molecule has 0 heterocycles. The van der Waals surface area contributed by atoms with Crippen molar-refractivity contribution < 1.29 is 4.79 Å². The van der Waals surface area contributed by atoms with Gasteiger partial charge in [0, 0.05) is 6.42 Å². The van der Waals surface area contributed by atoms with Gasteiger partial charge in [0.2, 0.25) is 5.24 Å².